The number of nitrogens with two attached hydrogens (primary N) is 1. The number of hydrogen-bond donors (Lipinski definition) is 2. The first kappa shape index (κ1) is 17.6. The molecule has 1 aromatic rings. The average Bonchev–Trinajstić information content (AvgIpc) is 2.22. The summed E-state index contributed by atoms with van der Waals surface area (Å²) in [7, 11) is 0. The second-order valence-electron chi connectivity index (χ2n) is 4.32. The van der Waals surface area contributed by atoms with Crippen LogP contribution in [0, 0.1) is 17.6 Å². The summed E-state index contributed by atoms with van der Waals surface area (Å²) in [5, 5.41) is 0. The lowest BCUT2D eigenvalue weighted by Gasteiger charge is -2.30. The van der Waals surface area contributed by atoms with Gasteiger partial charge in [0.2, 0.25) is 0 Å². The van der Waals surface area contributed by atoms with Crippen molar-refractivity contribution in [2.24, 2.45) is 11.8 Å². The third-order valence-electron chi connectivity index (χ3n) is 2.70. The number of benzene rings is 1. The first-order valence-corrected chi connectivity index (χ1v) is 5.49. The number of nitrogens with one attached hydrogen (secondary N) is 1. The van der Waals surface area contributed by atoms with Gasteiger partial charge in [-0.05, 0) is 24.1 Å². The van der Waals surface area contributed by atoms with Crippen LogP contribution in [0.2, 0.25) is 0 Å². The molecule has 3 N–H and O–H groups in total. The summed E-state index contributed by atoms with van der Waals surface area (Å²) < 4.78 is 101. The van der Waals surface area contributed by atoms with Crippen LogP contribution in [-0.2, 0) is 6.42 Å². The molecule has 1 rings (SSSR count). The van der Waals surface area contributed by atoms with E-state index in [4.69, 9.17) is 5.84 Å². The molecule has 0 heterocycles. The Morgan fingerprint density at radius 3 is 1.67 bits per heavy atom. The van der Waals surface area contributed by atoms with Gasteiger partial charge in [-0.3, -0.25) is 11.3 Å². The largest absolute Gasteiger partial charge is 0.402 e. The fourth-order valence-electron chi connectivity index (χ4n) is 1.90. The molecule has 0 saturated carbocycles. The summed E-state index contributed by atoms with van der Waals surface area (Å²) in [4.78, 5) is 0. The van der Waals surface area contributed by atoms with E-state index >= 15 is 0 Å². The van der Waals surface area contributed by atoms with Crippen molar-refractivity contribution in [2.45, 2.75) is 24.8 Å². The van der Waals surface area contributed by atoms with E-state index in [-0.39, 0.29) is 5.56 Å². The van der Waals surface area contributed by atoms with Gasteiger partial charge in [0.15, 0.2) is 5.92 Å². The van der Waals surface area contributed by atoms with E-state index in [9.17, 15) is 35.1 Å². The molecule has 0 radical (unpaired) electrons. The third-order valence-corrected chi connectivity index (χ3v) is 2.70. The van der Waals surface area contributed by atoms with Crippen molar-refractivity contribution >= 4 is 0 Å². The molecule has 1 unspecified atom stereocenters. The van der Waals surface area contributed by atoms with Crippen molar-refractivity contribution in [3.63, 3.8) is 0 Å². The fourth-order valence-corrected chi connectivity index (χ4v) is 1.90. The second kappa shape index (κ2) is 6.14. The van der Waals surface area contributed by atoms with Gasteiger partial charge in [-0.15, -0.1) is 0 Å². The van der Waals surface area contributed by atoms with Gasteiger partial charge in [0.05, 0.1) is 0 Å². The van der Waals surface area contributed by atoms with E-state index in [0.29, 0.717) is 18.2 Å². The smallest absolute Gasteiger partial charge is 0.271 e. The van der Waals surface area contributed by atoms with Crippen molar-refractivity contribution in [3.05, 3.63) is 35.4 Å². The molecule has 2 nitrogen and oxygen atoms in total. The number of hydrazine groups is 1. The molecule has 0 spiro atoms. The molecule has 120 valence electrons. The van der Waals surface area contributed by atoms with Crippen LogP contribution in [0.25, 0.3) is 0 Å². The second-order valence-corrected chi connectivity index (χ2v) is 4.32. The maximum atomic E-state index is 12.9. The highest BCUT2D eigenvalue weighted by Crippen LogP contribution is 2.42. The Kier molecular flexibility index (Phi) is 5.16. The lowest BCUT2D eigenvalue weighted by molar-refractivity contribution is -0.291. The minimum absolute atomic E-state index is 0.381. The lowest BCUT2D eigenvalue weighted by atomic mass is 9.92. The molecule has 0 aliphatic carbocycles. The summed E-state index contributed by atoms with van der Waals surface area (Å²) in [6.07, 6.45) is -12.2. The zero-order valence-corrected chi connectivity index (χ0v) is 10.2. The Hall–Kier alpha value is -1.42. The molecule has 0 bridgehead atoms. The molecule has 0 saturated heterocycles. The normalized spacial score (nSPS) is 14.6. The van der Waals surface area contributed by atoms with Crippen molar-refractivity contribution in [1.29, 1.82) is 0 Å². The van der Waals surface area contributed by atoms with Crippen LogP contribution in [0.5, 0.6) is 0 Å². The minimum Gasteiger partial charge on any atom is -0.271 e. The Morgan fingerprint density at radius 1 is 0.905 bits per heavy atom. The molecule has 0 aromatic heterocycles. The third kappa shape index (κ3) is 4.81. The van der Waals surface area contributed by atoms with Crippen LogP contribution in [-0.4, -0.2) is 18.4 Å². The van der Waals surface area contributed by atoms with Gasteiger partial charge in [0.1, 0.15) is 11.6 Å². The van der Waals surface area contributed by atoms with Gasteiger partial charge in [-0.25, -0.2) is 8.78 Å². The predicted octanol–water partition coefficient (Wildman–Crippen LogP) is 3.08. The molecule has 10 heteroatoms. The van der Waals surface area contributed by atoms with Gasteiger partial charge in [0, 0.05) is 12.1 Å². The Bertz CT molecular complexity index is 448. The van der Waals surface area contributed by atoms with E-state index in [1.807, 2.05) is 0 Å². The monoisotopic (exact) mass is 322 g/mol. The standard InChI is InChI=1S/C11H10F8N2/c12-6-1-5(2-7(13)4-6)3-8(21-20)9(10(14,15)16)11(17,18)19/h1-2,4,8-9,21H,3,20H2. The molecule has 0 amide bonds. The van der Waals surface area contributed by atoms with Crippen LogP contribution in [0.4, 0.5) is 35.1 Å². The maximum absolute atomic E-state index is 12.9. The number of rotatable bonds is 4. The van der Waals surface area contributed by atoms with E-state index in [1.165, 1.54) is 5.43 Å². The van der Waals surface area contributed by atoms with Gasteiger partial charge in [-0.1, -0.05) is 0 Å². The van der Waals surface area contributed by atoms with Crippen LogP contribution < -0.4 is 11.3 Å². The summed E-state index contributed by atoms with van der Waals surface area (Å²) in [6.45, 7) is 0. The zero-order valence-electron chi connectivity index (χ0n) is 10.2. The van der Waals surface area contributed by atoms with Crippen LogP contribution in [0.15, 0.2) is 18.2 Å². The van der Waals surface area contributed by atoms with Crippen molar-refractivity contribution in [3.8, 4) is 0 Å². The van der Waals surface area contributed by atoms with E-state index in [2.05, 4.69) is 0 Å². The summed E-state index contributed by atoms with van der Waals surface area (Å²) >= 11 is 0. The first-order chi connectivity index (χ1) is 9.45. The molecule has 1 atom stereocenters. The van der Waals surface area contributed by atoms with Gasteiger partial charge < -0.3 is 0 Å². The van der Waals surface area contributed by atoms with Gasteiger partial charge in [-0.2, -0.15) is 26.3 Å². The number of halogens is 8. The average molecular weight is 322 g/mol. The lowest BCUT2D eigenvalue weighted by Crippen LogP contribution is -2.54. The van der Waals surface area contributed by atoms with Crippen LogP contribution >= 0.6 is 0 Å². The van der Waals surface area contributed by atoms with Crippen molar-refractivity contribution < 1.29 is 35.1 Å². The van der Waals surface area contributed by atoms with Crippen molar-refractivity contribution in [1.82, 2.24) is 5.43 Å². The topological polar surface area (TPSA) is 38.0 Å². The predicted molar refractivity (Wildman–Crippen MR) is 56.8 cm³/mol. The highest BCUT2D eigenvalue weighted by molar-refractivity contribution is 5.19. The number of alkyl halides is 6. The van der Waals surface area contributed by atoms with Crippen LogP contribution in [0.1, 0.15) is 5.56 Å². The molecule has 1 aromatic carbocycles. The van der Waals surface area contributed by atoms with E-state index in [1.54, 1.807) is 0 Å². The molecule has 0 aliphatic heterocycles. The van der Waals surface area contributed by atoms with Gasteiger partial charge >= 0.3 is 12.4 Å². The Balaban J connectivity index is 3.10. The Morgan fingerprint density at radius 2 is 1.33 bits per heavy atom. The van der Waals surface area contributed by atoms with Crippen LogP contribution in [0.3, 0.4) is 0 Å². The fraction of sp³-hybridized carbons (Fsp3) is 0.455. The molecule has 0 fully saturated rings. The summed E-state index contributed by atoms with van der Waals surface area (Å²) in [6, 6.07) is -0.598. The molecule has 0 aliphatic rings. The molecular formula is C11H10F8N2. The molecule has 21 heavy (non-hydrogen) atoms. The highest BCUT2D eigenvalue weighted by Gasteiger charge is 2.60. The maximum Gasteiger partial charge on any atom is 0.402 e. The zero-order chi connectivity index (χ0) is 16.4. The quantitative estimate of drug-likeness (QED) is 0.508. The van der Waals surface area contributed by atoms with Crippen molar-refractivity contribution in [2.75, 3.05) is 0 Å². The molecular weight excluding hydrogens is 312 g/mol. The minimum atomic E-state index is -5.61. The van der Waals surface area contributed by atoms with E-state index in [0.717, 1.165) is 0 Å². The Labute approximate surface area is 113 Å². The van der Waals surface area contributed by atoms with Gasteiger partial charge in [0.25, 0.3) is 0 Å². The first-order valence-electron chi connectivity index (χ1n) is 5.49. The summed E-state index contributed by atoms with van der Waals surface area (Å²) in [5.74, 6) is -1.24. The highest BCUT2D eigenvalue weighted by atomic mass is 19.4. The number of hydrogen-bond acceptors (Lipinski definition) is 2. The SMILES string of the molecule is NNC(Cc1cc(F)cc(F)c1)C(C(F)(F)F)C(F)(F)F. The van der Waals surface area contributed by atoms with E-state index < -0.39 is 42.4 Å². The summed E-state index contributed by atoms with van der Waals surface area (Å²) in [5.41, 5.74) is 1.04.